The lowest BCUT2D eigenvalue weighted by atomic mass is 10.1. The van der Waals surface area contributed by atoms with Gasteiger partial charge in [0, 0.05) is 30.1 Å². The number of nitrogens with two attached hydrogens (primary N) is 1. The predicted molar refractivity (Wildman–Crippen MR) is 73.3 cm³/mol. The molecule has 3 rings (SSSR count). The minimum absolute atomic E-state index is 0.509. The lowest BCUT2D eigenvalue weighted by Gasteiger charge is -1.98. The molecule has 2 aromatic heterocycles. The Labute approximate surface area is 106 Å². The predicted octanol–water partition coefficient (Wildman–Crippen LogP) is 2.77. The van der Waals surface area contributed by atoms with Crippen LogP contribution in [0.15, 0.2) is 48.8 Å². The van der Waals surface area contributed by atoms with Crippen molar-refractivity contribution in [3.8, 4) is 11.3 Å². The molecule has 0 radical (unpaired) electrons. The Morgan fingerprint density at radius 1 is 1.22 bits per heavy atom. The fourth-order valence-electron chi connectivity index (χ4n) is 2.17. The summed E-state index contributed by atoms with van der Waals surface area (Å²) >= 11 is 0. The lowest BCUT2D eigenvalue weighted by molar-refractivity contribution is 1.04. The summed E-state index contributed by atoms with van der Waals surface area (Å²) < 4.78 is 2.03. The number of nitrogens with zero attached hydrogens (tertiary/aromatic N) is 2. The lowest BCUT2D eigenvalue weighted by Crippen LogP contribution is -1.99. The van der Waals surface area contributed by atoms with Crippen LogP contribution in [0.3, 0.4) is 0 Å². The number of aryl methyl sites for hydroxylation is 1. The zero-order chi connectivity index (χ0) is 12.5. The van der Waals surface area contributed by atoms with E-state index in [1.807, 2.05) is 28.9 Å². The molecule has 2 N–H and O–H groups in total. The first-order valence-corrected chi connectivity index (χ1v) is 6.01. The number of pyridine rings is 1. The molecule has 0 saturated carbocycles. The van der Waals surface area contributed by atoms with Crippen molar-refractivity contribution in [2.24, 2.45) is 5.73 Å². The molecule has 0 aliphatic heterocycles. The van der Waals surface area contributed by atoms with E-state index in [-0.39, 0.29) is 0 Å². The highest BCUT2D eigenvalue weighted by molar-refractivity contribution is 5.64. The second-order valence-electron chi connectivity index (χ2n) is 4.46. The van der Waals surface area contributed by atoms with Crippen LogP contribution in [-0.4, -0.2) is 9.38 Å². The van der Waals surface area contributed by atoms with Crippen molar-refractivity contribution in [1.82, 2.24) is 9.38 Å². The van der Waals surface area contributed by atoms with Crippen molar-refractivity contribution in [3.05, 3.63) is 59.9 Å². The molecule has 0 amide bonds. The van der Waals surface area contributed by atoms with Gasteiger partial charge in [0.2, 0.25) is 0 Å². The molecule has 0 atom stereocenters. The summed E-state index contributed by atoms with van der Waals surface area (Å²) in [5.74, 6) is 0. The summed E-state index contributed by atoms with van der Waals surface area (Å²) in [6, 6.07) is 12.4. The van der Waals surface area contributed by atoms with Gasteiger partial charge in [0.25, 0.3) is 0 Å². The van der Waals surface area contributed by atoms with Gasteiger partial charge in [-0.1, -0.05) is 29.8 Å². The maximum atomic E-state index is 5.73. The molecular weight excluding hydrogens is 222 g/mol. The summed E-state index contributed by atoms with van der Waals surface area (Å²) in [4.78, 5) is 4.68. The zero-order valence-electron chi connectivity index (χ0n) is 10.3. The smallest absolute Gasteiger partial charge is 0.141 e. The topological polar surface area (TPSA) is 43.3 Å². The van der Waals surface area contributed by atoms with E-state index in [0.717, 1.165) is 22.5 Å². The van der Waals surface area contributed by atoms with E-state index in [1.54, 1.807) is 0 Å². The second-order valence-corrected chi connectivity index (χ2v) is 4.46. The number of rotatable bonds is 2. The Kier molecular flexibility index (Phi) is 2.61. The highest BCUT2D eigenvalue weighted by Crippen LogP contribution is 2.21. The van der Waals surface area contributed by atoms with Crippen molar-refractivity contribution < 1.29 is 0 Å². The molecule has 0 fully saturated rings. The fourth-order valence-corrected chi connectivity index (χ4v) is 2.17. The fraction of sp³-hybridized carbons (Fsp3) is 0.133. The summed E-state index contributed by atoms with van der Waals surface area (Å²) in [6.45, 7) is 2.60. The van der Waals surface area contributed by atoms with Gasteiger partial charge in [-0.25, -0.2) is 4.98 Å². The molecule has 0 saturated heterocycles. The highest BCUT2D eigenvalue weighted by atomic mass is 15.0. The molecule has 3 nitrogen and oxygen atoms in total. The summed E-state index contributed by atoms with van der Waals surface area (Å²) in [6.07, 6.45) is 4.05. The van der Waals surface area contributed by atoms with Crippen LogP contribution >= 0.6 is 0 Å². The van der Waals surface area contributed by atoms with Crippen LogP contribution in [0.1, 0.15) is 11.1 Å². The number of aromatic nitrogens is 2. The third-order valence-corrected chi connectivity index (χ3v) is 3.10. The van der Waals surface area contributed by atoms with Crippen LogP contribution in [-0.2, 0) is 6.54 Å². The molecular formula is C15H15N3. The Bertz CT molecular complexity index is 698. The van der Waals surface area contributed by atoms with Gasteiger partial charge in [-0.15, -0.1) is 0 Å². The highest BCUT2D eigenvalue weighted by Gasteiger charge is 2.06. The first kappa shape index (κ1) is 11.0. The normalized spacial score (nSPS) is 11.0. The molecule has 18 heavy (non-hydrogen) atoms. The van der Waals surface area contributed by atoms with Crippen molar-refractivity contribution >= 4 is 5.65 Å². The molecule has 3 heteroatoms. The molecule has 0 aliphatic rings. The number of fused-ring (bicyclic) bond motifs is 1. The van der Waals surface area contributed by atoms with Gasteiger partial charge in [0.1, 0.15) is 5.65 Å². The second kappa shape index (κ2) is 4.27. The third-order valence-electron chi connectivity index (χ3n) is 3.10. The average molecular weight is 237 g/mol. The maximum Gasteiger partial charge on any atom is 0.141 e. The first-order valence-electron chi connectivity index (χ1n) is 6.01. The van der Waals surface area contributed by atoms with Crippen LogP contribution < -0.4 is 5.73 Å². The standard InChI is InChI=1S/C15H15N3/c1-11-4-2-5-12(8-11)14-10-18-7-3-6-13(9-16)15(18)17-14/h2-8,10H,9,16H2,1H3. The van der Waals surface area contributed by atoms with Crippen LogP contribution in [0.5, 0.6) is 0 Å². The van der Waals surface area contributed by atoms with Gasteiger partial charge in [0.05, 0.1) is 5.69 Å². The maximum absolute atomic E-state index is 5.73. The minimum Gasteiger partial charge on any atom is -0.326 e. The van der Waals surface area contributed by atoms with Crippen LogP contribution in [0.25, 0.3) is 16.9 Å². The van der Waals surface area contributed by atoms with Gasteiger partial charge in [-0.2, -0.15) is 0 Å². The Morgan fingerprint density at radius 3 is 2.89 bits per heavy atom. The quantitative estimate of drug-likeness (QED) is 0.744. The summed E-state index contributed by atoms with van der Waals surface area (Å²) in [5, 5.41) is 0. The van der Waals surface area contributed by atoms with Crippen LogP contribution in [0, 0.1) is 6.92 Å². The van der Waals surface area contributed by atoms with E-state index in [0.29, 0.717) is 6.54 Å². The van der Waals surface area contributed by atoms with E-state index in [1.165, 1.54) is 5.56 Å². The summed E-state index contributed by atoms with van der Waals surface area (Å²) in [5.41, 5.74) is 11.1. The SMILES string of the molecule is Cc1cccc(-c2cn3cccc(CN)c3n2)c1. The molecule has 0 unspecified atom stereocenters. The van der Waals surface area contributed by atoms with Crippen molar-refractivity contribution in [2.75, 3.05) is 0 Å². The van der Waals surface area contributed by atoms with Gasteiger partial charge in [-0.05, 0) is 19.1 Å². The number of benzene rings is 1. The average Bonchev–Trinajstić information content (AvgIpc) is 2.82. The summed E-state index contributed by atoms with van der Waals surface area (Å²) in [7, 11) is 0. The Balaban J connectivity index is 2.19. The zero-order valence-corrected chi connectivity index (χ0v) is 10.3. The van der Waals surface area contributed by atoms with Crippen molar-refractivity contribution in [3.63, 3.8) is 0 Å². The van der Waals surface area contributed by atoms with E-state index in [9.17, 15) is 0 Å². The molecule has 90 valence electrons. The first-order chi connectivity index (χ1) is 8.78. The van der Waals surface area contributed by atoms with Crippen LogP contribution in [0.4, 0.5) is 0 Å². The molecule has 0 bridgehead atoms. The number of hydrogen-bond acceptors (Lipinski definition) is 2. The van der Waals surface area contributed by atoms with Gasteiger partial charge >= 0.3 is 0 Å². The minimum atomic E-state index is 0.509. The Morgan fingerprint density at radius 2 is 2.11 bits per heavy atom. The van der Waals surface area contributed by atoms with E-state index < -0.39 is 0 Å². The molecule has 1 aromatic carbocycles. The molecule has 0 spiro atoms. The van der Waals surface area contributed by atoms with Gasteiger partial charge in [0.15, 0.2) is 0 Å². The molecule has 2 heterocycles. The third kappa shape index (κ3) is 1.79. The van der Waals surface area contributed by atoms with E-state index >= 15 is 0 Å². The van der Waals surface area contributed by atoms with E-state index in [4.69, 9.17) is 5.73 Å². The van der Waals surface area contributed by atoms with Crippen molar-refractivity contribution in [2.45, 2.75) is 13.5 Å². The monoisotopic (exact) mass is 237 g/mol. The molecule has 0 aliphatic carbocycles. The largest absolute Gasteiger partial charge is 0.326 e. The number of hydrogen-bond donors (Lipinski definition) is 1. The van der Waals surface area contributed by atoms with Crippen LogP contribution in [0.2, 0.25) is 0 Å². The van der Waals surface area contributed by atoms with Gasteiger partial charge < -0.3 is 10.1 Å². The van der Waals surface area contributed by atoms with E-state index in [2.05, 4.69) is 36.2 Å². The Hall–Kier alpha value is -2.13. The number of imidazole rings is 1. The molecule has 3 aromatic rings. The van der Waals surface area contributed by atoms with Crippen molar-refractivity contribution in [1.29, 1.82) is 0 Å². The van der Waals surface area contributed by atoms with Gasteiger partial charge in [-0.3, -0.25) is 0 Å².